The van der Waals surface area contributed by atoms with E-state index >= 15 is 0 Å². The van der Waals surface area contributed by atoms with Crippen LogP contribution >= 0.6 is 22.9 Å². The van der Waals surface area contributed by atoms with Crippen LogP contribution in [0.25, 0.3) is 10.1 Å². The maximum Gasteiger partial charge on any atom is 0.265 e. The van der Waals surface area contributed by atoms with Crippen molar-refractivity contribution in [1.29, 1.82) is 0 Å². The highest BCUT2D eigenvalue weighted by atomic mass is 35.5. The molecule has 2 aliphatic rings. The predicted octanol–water partition coefficient (Wildman–Crippen LogP) is 2.64. The maximum atomic E-state index is 13.4. The summed E-state index contributed by atoms with van der Waals surface area (Å²) in [5, 5.41) is 1.07. The molecule has 26 heavy (non-hydrogen) atoms. The molecule has 0 bridgehead atoms. The Morgan fingerprint density at radius 1 is 1.23 bits per heavy atom. The van der Waals surface area contributed by atoms with Gasteiger partial charge in [0.25, 0.3) is 5.91 Å². The summed E-state index contributed by atoms with van der Waals surface area (Å²) in [6.07, 6.45) is 0.671. The first-order chi connectivity index (χ1) is 12.3. The van der Waals surface area contributed by atoms with Crippen LogP contribution in [0.2, 0.25) is 5.02 Å². The van der Waals surface area contributed by atoms with Gasteiger partial charge in [0.15, 0.2) is 9.84 Å². The minimum atomic E-state index is -2.91. The van der Waals surface area contributed by atoms with Gasteiger partial charge in [-0.2, -0.15) is 0 Å². The summed E-state index contributed by atoms with van der Waals surface area (Å²) < 4.78 is 37.4. The van der Waals surface area contributed by atoms with E-state index in [9.17, 15) is 17.6 Å². The Balaban J connectivity index is 1.46. The average Bonchev–Trinajstić information content (AvgIpc) is 3.14. The van der Waals surface area contributed by atoms with Gasteiger partial charge in [-0.25, -0.2) is 12.8 Å². The summed E-state index contributed by atoms with van der Waals surface area (Å²) in [5.41, 5.74) is 0. The molecular formula is C17H18ClFN2O3S2. The molecule has 0 radical (unpaired) electrons. The minimum Gasteiger partial charge on any atom is -0.335 e. The van der Waals surface area contributed by atoms with Crippen molar-refractivity contribution in [2.24, 2.45) is 0 Å². The SMILES string of the molecule is O=C(c1sc2cc(F)ccc2c1Cl)N1CCN([C@@H]2CCS(=O)(=O)C2)CC1. The van der Waals surface area contributed by atoms with E-state index in [1.54, 1.807) is 11.0 Å². The number of benzene rings is 1. The lowest BCUT2D eigenvalue weighted by Crippen LogP contribution is -2.52. The van der Waals surface area contributed by atoms with Crippen molar-refractivity contribution in [3.05, 3.63) is 33.9 Å². The number of hydrogen-bond acceptors (Lipinski definition) is 5. The standard InChI is InChI=1S/C17H18ClFN2O3S2/c18-15-13-2-1-11(19)9-14(13)25-16(15)17(22)21-6-4-20(5-7-21)12-3-8-26(23,24)10-12/h1-2,9,12H,3-8,10H2/t12-/m1/s1. The Morgan fingerprint density at radius 2 is 1.96 bits per heavy atom. The van der Waals surface area contributed by atoms with E-state index in [0.717, 1.165) is 0 Å². The number of nitrogens with zero attached hydrogens (tertiary/aromatic N) is 2. The number of piperazine rings is 1. The first-order valence-electron chi connectivity index (χ1n) is 8.45. The smallest absolute Gasteiger partial charge is 0.265 e. The van der Waals surface area contributed by atoms with Crippen LogP contribution in [0, 0.1) is 5.82 Å². The molecule has 0 spiro atoms. The molecule has 0 aliphatic carbocycles. The lowest BCUT2D eigenvalue weighted by atomic mass is 10.2. The number of halogens is 2. The van der Waals surface area contributed by atoms with E-state index in [1.807, 2.05) is 0 Å². The third kappa shape index (κ3) is 3.35. The van der Waals surface area contributed by atoms with Crippen LogP contribution in [0.1, 0.15) is 16.1 Å². The van der Waals surface area contributed by atoms with Crippen molar-refractivity contribution in [2.75, 3.05) is 37.7 Å². The number of sulfone groups is 1. The fourth-order valence-corrected chi connectivity index (χ4v) is 6.94. The molecule has 0 N–H and O–H groups in total. The number of hydrogen-bond donors (Lipinski definition) is 0. The maximum absolute atomic E-state index is 13.4. The molecule has 140 valence electrons. The first-order valence-corrected chi connectivity index (χ1v) is 11.5. The molecule has 5 nitrogen and oxygen atoms in total. The van der Waals surface area contributed by atoms with Crippen molar-refractivity contribution < 1.29 is 17.6 Å². The Hall–Kier alpha value is -1.22. The summed E-state index contributed by atoms with van der Waals surface area (Å²) in [4.78, 5) is 17.2. The molecule has 1 amide bonds. The molecule has 9 heteroatoms. The molecular weight excluding hydrogens is 399 g/mol. The topological polar surface area (TPSA) is 57.7 Å². The van der Waals surface area contributed by atoms with Gasteiger partial charge in [0.05, 0.1) is 16.5 Å². The van der Waals surface area contributed by atoms with Crippen molar-refractivity contribution >= 4 is 48.8 Å². The molecule has 2 aromatic rings. The fraction of sp³-hybridized carbons (Fsp3) is 0.471. The second kappa shape index (κ2) is 6.74. The van der Waals surface area contributed by atoms with Crippen LogP contribution < -0.4 is 0 Å². The van der Waals surface area contributed by atoms with E-state index in [-0.39, 0.29) is 29.3 Å². The van der Waals surface area contributed by atoms with Crippen molar-refractivity contribution in [2.45, 2.75) is 12.5 Å². The summed E-state index contributed by atoms with van der Waals surface area (Å²) in [6.45, 7) is 2.38. The average molecular weight is 417 g/mol. The highest BCUT2D eigenvalue weighted by Gasteiger charge is 2.35. The second-order valence-electron chi connectivity index (χ2n) is 6.77. The molecule has 4 rings (SSSR count). The van der Waals surface area contributed by atoms with Gasteiger partial charge >= 0.3 is 0 Å². The lowest BCUT2D eigenvalue weighted by molar-refractivity contribution is 0.0592. The van der Waals surface area contributed by atoms with Crippen molar-refractivity contribution in [3.63, 3.8) is 0 Å². The first kappa shape index (κ1) is 18.2. The zero-order chi connectivity index (χ0) is 18.5. The number of fused-ring (bicyclic) bond motifs is 1. The van der Waals surface area contributed by atoms with Crippen LogP contribution in [0.5, 0.6) is 0 Å². The fourth-order valence-electron chi connectivity index (χ4n) is 3.67. The van der Waals surface area contributed by atoms with Crippen molar-refractivity contribution in [3.8, 4) is 0 Å². The predicted molar refractivity (Wildman–Crippen MR) is 101 cm³/mol. The molecule has 2 aliphatic heterocycles. The molecule has 1 atom stereocenters. The lowest BCUT2D eigenvalue weighted by Gasteiger charge is -2.37. The van der Waals surface area contributed by atoms with Gasteiger partial charge in [0.1, 0.15) is 10.7 Å². The van der Waals surface area contributed by atoms with Gasteiger partial charge in [0.2, 0.25) is 0 Å². The number of carbonyl (C=O) groups is 1. The van der Waals surface area contributed by atoms with Gasteiger partial charge in [-0.1, -0.05) is 11.6 Å². The minimum absolute atomic E-state index is 0.0631. The van der Waals surface area contributed by atoms with Gasteiger partial charge in [-0.05, 0) is 24.6 Å². The normalized spacial score (nSPS) is 23.6. The Bertz CT molecular complexity index is 968. The summed E-state index contributed by atoms with van der Waals surface area (Å²) in [5.74, 6) is -0.0239. The monoisotopic (exact) mass is 416 g/mol. The van der Waals surface area contributed by atoms with E-state index in [2.05, 4.69) is 4.90 Å². The zero-order valence-electron chi connectivity index (χ0n) is 14.0. The quantitative estimate of drug-likeness (QED) is 0.755. The van der Waals surface area contributed by atoms with E-state index in [4.69, 9.17) is 11.6 Å². The van der Waals surface area contributed by atoms with E-state index in [0.29, 0.717) is 52.6 Å². The summed E-state index contributed by atoms with van der Waals surface area (Å²) >= 11 is 7.56. The number of thiophene rings is 1. The number of rotatable bonds is 2. The van der Waals surface area contributed by atoms with Crippen LogP contribution in [0.15, 0.2) is 18.2 Å². The molecule has 0 saturated carbocycles. The van der Waals surface area contributed by atoms with Crippen LogP contribution in [0.3, 0.4) is 0 Å². The van der Waals surface area contributed by atoms with E-state index in [1.165, 1.54) is 23.5 Å². The second-order valence-corrected chi connectivity index (χ2v) is 10.4. The molecule has 2 saturated heterocycles. The number of carbonyl (C=O) groups excluding carboxylic acids is 1. The largest absolute Gasteiger partial charge is 0.335 e. The molecule has 1 aromatic heterocycles. The third-order valence-corrected chi connectivity index (χ3v) is 8.51. The van der Waals surface area contributed by atoms with Crippen LogP contribution in [-0.4, -0.2) is 67.9 Å². The summed E-state index contributed by atoms with van der Waals surface area (Å²) in [7, 11) is -2.91. The van der Waals surface area contributed by atoms with Gasteiger partial charge in [-0.15, -0.1) is 11.3 Å². The third-order valence-electron chi connectivity index (χ3n) is 5.11. The molecule has 2 fully saturated rings. The Morgan fingerprint density at radius 3 is 2.62 bits per heavy atom. The zero-order valence-corrected chi connectivity index (χ0v) is 16.3. The Labute approximate surface area is 160 Å². The highest BCUT2D eigenvalue weighted by Crippen LogP contribution is 2.36. The summed E-state index contributed by atoms with van der Waals surface area (Å²) in [6, 6.07) is 4.39. The molecule has 0 unspecified atom stereocenters. The number of amides is 1. The van der Waals surface area contributed by atoms with Crippen molar-refractivity contribution in [1.82, 2.24) is 9.80 Å². The van der Waals surface area contributed by atoms with Gasteiger partial charge in [-0.3, -0.25) is 9.69 Å². The highest BCUT2D eigenvalue weighted by molar-refractivity contribution is 7.91. The molecule has 3 heterocycles. The van der Waals surface area contributed by atoms with Crippen LogP contribution in [0.4, 0.5) is 4.39 Å². The van der Waals surface area contributed by atoms with E-state index < -0.39 is 9.84 Å². The Kier molecular flexibility index (Phi) is 4.71. The molecule has 1 aromatic carbocycles. The van der Waals surface area contributed by atoms with Gasteiger partial charge in [0, 0.05) is 42.3 Å². The van der Waals surface area contributed by atoms with Crippen LogP contribution in [-0.2, 0) is 9.84 Å². The van der Waals surface area contributed by atoms with Gasteiger partial charge < -0.3 is 4.90 Å².